The molecule has 0 spiro atoms. The number of hydrogen-bond acceptors (Lipinski definition) is 3. The zero-order valence-corrected chi connectivity index (χ0v) is 13.3. The largest absolute Gasteiger partial charge is 0.481 e. The lowest BCUT2D eigenvalue weighted by Gasteiger charge is -2.22. The van der Waals surface area contributed by atoms with Gasteiger partial charge in [0.25, 0.3) is 0 Å². The van der Waals surface area contributed by atoms with Crippen molar-refractivity contribution in [1.82, 2.24) is 9.55 Å². The molecule has 0 bridgehead atoms. The lowest BCUT2D eigenvalue weighted by molar-refractivity contribution is -0.136. The van der Waals surface area contributed by atoms with Crippen molar-refractivity contribution >= 4 is 5.97 Å². The number of carboxylic acids is 1. The average molecular weight is 292 g/mol. The van der Waals surface area contributed by atoms with Gasteiger partial charge in [0.15, 0.2) is 0 Å². The van der Waals surface area contributed by atoms with Gasteiger partial charge in [-0.15, -0.1) is 0 Å². The highest BCUT2D eigenvalue weighted by molar-refractivity contribution is 5.67. The molecule has 1 fully saturated rings. The number of hydrogen-bond donors (Lipinski definition) is 1. The molecule has 1 aliphatic rings. The fraction of sp³-hybridized carbons (Fsp3) is 0.688. The van der Waals surface area contributed by atoms with Crippen LogP contribution in [0.4, 0.5) is 0 Å². The molecule has 0 aromatic carbocycles. The average Bonchev–Trinajstić information content (AvgIpc) is 2.68. The standard InChI is InChI=1S/C16H24N2O3/c1-10-13(5-6-14(19)20)11(2)18(15(21)17-10)12-7-8-16(3,4)9-12/h12H,5-9H2,1-4H3,(H,19,20). The number of aliphatic carboxylic acids is 1. The molecule has 1 atom stereocenters. The summed E-state index contributed by atoms with van der Waals surface area (Å²) in [6, 6.07) is 0.184. The molecule has 0 aliphatic heterocycles. The van der Waals surface area contributed by atoms with Gasteiger partial charge in [-0.25, -0.2) is 4.79 Å². The van der Waals surface area contributed by atoms with Gasteiger partial charge in [-0.2, -0.15) is 4.98 Å². The molecule has 5 heteroatoms. The van der Waals surface area contributed by atoms with Crippen LogP contribution in [0.25, 0.3) is 0 Å². The summed E-state index contributed by atoms with van der Waals surface area (Å²) in [5, 5.41) is 8.87. The Morgan fingerprint density at radius 1 is 1.43 bits per heavy atom. The molecule has 1 heterocycles. The zero-order chi connectivity index (χ0) is 15.8. The first-order chi connectivity index (χ1) is 9.71. The van der Waals surface area contributed by atoms with Crippen LogP contribution in [0.2, 0.25) is 0 Å². The summed E-state index contributed by atoms with van der Waals surface area (Å²) in [4.78, 5) is 27.2. The second-order valence-corrected chi connectivity index (χ2v) is 6.87. The van der Waals surface area contributed by atoms with Gasteiger partial charge in [0.1, 0.15) is 0 Å². The number of carbonyl (C=O) groups is 1. The molecular weight excluding hydrogens is 268 g/mol. The number of carboxylic acid groups (broad SMARTS) is 1. The number of nitrogens with zero attached hydrogens (tertiary/aromatic N) is 2. The van der Waals surface area contributed by atoms with Gasteiger partial charge in [0.2, 0.25) is 0 Å². The molecule has 1 aromatic heterocycles. The van der Waals surface area contributed by atoms with Gasteiger partial charge in [0.05, 0.1) is 0 Å². The highest BCUT2D eigenvalue weighted by atomic mass is 16.4. The molecule has 21 heavy (non-hydrogen) atoms. The van der Waals surface area contributed by atoms with E-state index in [-0.39, 0.29) is 23.6 Å². The molecule has 1 N–H and O–H groups in total. The lowest BCUT2D eigenvalue weighted by Crippen LogP contribution is -2.31. The highest BCUT2D eigenvalue weighted by Gasteiger charge is 2.33. The quantitative estimate of drug-likeness (QED) is 0.926. The van der Waals surface area contributed by atoms with Gasteiger partial charge >= 0.3 is 11.7 Å². The summed E-state index contributed by atoms with van der Waals surface area (Å²) < 4.78 is 1.79. The predicted molar refractivity (Wildman–Crippen MR) is 80.6 cm³/mol. The van der Waals surface area contributed by atoms with Crippen molar-refractivity contribution in [3.8, 4) is 0 Å². The van der Waals surface area contributed by atoms with Crippen molar-refractivity contribution in [3.05, 3.63) is 27.4 Å². The van der Waals surface area contributed by atoms with E-state index in [0.29, 0.717) is 12.1 Å². The van der Waals surface area contributed by atoms with E-state index < -0.39 is 5.97 Å². The Kier molecular flexibility index (Phi) is 4.21. The smallest absolute Gasteiger partial charge is 0.348 e. The fourth-order valence-corrected chi connectivity index (χ4v) is 3.46. The summed E-state index contributed by atoms with van der Waals surface area (Å²) >= 11 is 0. The number of rotatable bonds is 4. The Labute approximate surface area is 125 Å². The first-order valence-electron chi connectivity index (χ1n) is 7.52. The summed E-state index contributed by atoms with van der Waals surface area (Å²) in [6.07, 6.45) is 3.55. The molecule has 2 rings (SSSR count). The Balaban J connectivity index is 2.40. The first kappa shape index (κ1) is 15.7. The molecule has 0 saturated heterocycles. The van der Waals surface area contributed by atoms with Gasteiger partial charge < -0.3 is 5.11 Å². The third-order valence-corrected chi connectivity index (χ3v) is 4.60. The zero-order valence-electron chi connectivity index (χ0n) is 13.3. The van der Waals surface area contributed by atoms with Crippen LogP contribution >= 0.6 is 0 Å². The van der Waals surface area contributed by atoms with E-state index in [1.54, 1.807) is 11.5 Å². The topological polar surface area (TPSA) is 72.2 Å². The normalized spacial score (nSPS) is 20.7. The summed E-state index contributed by atoms with van der Waals surface area (Å²) in [5.41, 5.74) is 2.50. The maximum absolute atomic E-state index is 12.3. The van der Waals surface area contributed by atoms with E-state index in [9.17, 15) is 9.59 Å². The third kappa shape index (κ3) is 3.34. The molecule has 116 valence electrons. The van der Waals surface area contributed by atoms with Crippen molar-refractivity contribution in [2.24, 2.45) is 5.41 Å². The Bertz CT molecular complexity index is 617. The minimum Gasteiger partial charge on any atom is -0.481 e. The molecule has 1 aromatic rings. The Morgan fingerprint density at radius 3 is 2.62 bits per heavy atom. The molecule has 1 saturated carbocycles. The SMILES string of the molecule is Cc1nc(=O)n(C2CCC(C)(C)C2)c(C)c1CCC(=O)O. The summed E-state index contributed by atoms with van der Waals surface area (Å²) in [5.74, 6) is -0.825. The molecule has 1 unspecified atom stereocenters. The van der Waals surface area contributed by atoms with Crippen LogP contribution in [-0.2, 0) is 11.2 Å². The number of aryl methyl sites for hydroxylation is 1. The van der Waals surface area contributed by atoms with Gasteiger partial charge in [-0.3, -0.25) is 9.36 Å². The van der Waals surface area contributed by atoms with Crippen molar-refractivity contribution in [1.29, 1.82) is 0 Å². The minimum atomic E-state index is -0.825. The van der Waals surface area contributed by atoms with Crippen LogP contribution in [-0.4, -0.2) is 20.6 Å². The van der Waals surface area contributed by atoms with E-state index in [0.717, 1.165) is 30.5 Å². The van der Waals surface area contributed by atoms with Gasteiger partial charge in [0, 0.05) is 23.9 Å². The highest BCUT2D eigenvalue weighted by Crippen LogP contribution is 2.43. The minimum absolute atomic E-state index is 0.0672. The molecule has 0 radical (unpaired) electrons. The van der Waals surface area contributed by atoms with Crippen LogP contribution in [0, 0.1) is 19.3 Å². The maximum atomic E-state index is 12.3. The van der Waals surface area contributed by atoms with Gasteiger partial charge in [-0.1, -0.05) is 13.8 Å². The monoisotopic (exact) mass is 292 g/mol. The second kappa shape index (κ2) is 5.62. The fourth-order valence-electron chi connectivity index (χ4n) is 3.46. The number of aromatic nitrogens is 2. The molecule has 5 nitrogen and oxygen atoms in total. The molecular formula is C16H24N2O3. The summed E-state index contributed by atoms with van der Waals surface area (Å²) in [7, 11) is 0. The van der Waals surface area contributed by atoms with Crippen molar-refractivity contribution in [2.45, 2.75) is 65.8 Å². The van der Waals surface area contributed by atoms with Gasteiger partial charge in [-0.05, 0) is 50.5 Å². The van der Waals surface area contributed by atoms with Crippen molar-refractivity contribution in [2.75, 3.05) is 0 Å². The Hall–Kier alpha value is -1.65. The first-order valence-corrected chi connectivity index (χ1v) is 7.52. The van der Waals surface area contributed by atoms with E-state index >= 15 is 0 Å². The van der Waals surface area contributed by atoms with Crippen LogP contribution in [0.1, 0.15) is 62.5 Å². The van der Waals surface area contributed by atoms with Crippen LogP contribution in [0.5, 0.6) is 0 Å². The van der Waals surface area contributed by atoms with Crippen LogP contribution < -0.4 is 5.69 Å². The lowest BCUT2D eigenvalue weighted by atomic mass is 9.91. The van der Waals surface area contributed by atoms with Crippen LogP contribution in [0.15, 0.2) is 4.79 Å². The molecule has 0 amide bonds. The third-order valence-electron chi connectivity index (χ3n) is 4.60. The van der Waals surface area contributed by atoms with Crippen molar-refractivity contribution < 1.29 is 9.90 Å². The van der Waals surface area contributed by atoms with E-state index in [4.69, 9.17) is 5.11 Å². The molecule has 1 aliphatic carbocycles. The van der Waals surface area contributed by atoms with E-state index in [1.807, 2.05) is 6.92 Å². The van der Waals surface area contributed by atoms with Crippen molar-refractivity contribution in [3.63, 3.8) is 0 Å². The van der Waals surface area contributed by atoms with E-state index in [1.165, 1.54) is 0 Å². The Morgan fingerprint density at radius 2 is 2.10 bits per heavy atom. The maximum Gasteiger partial charge on any atom is 0.348 e. The summed E-state index contributed by atoms with van der Waals surface area (Å²) in [6.45, 7) is 8.15. The second-order valence-electron chi connectivity index (χ2n) is 6.87. The van der Waals surface area contributed by atoms with E-state index in [2.05, 4.69) is 18.8 Å². The van der Waals surface area contributed by atoms with Crippen LogP contribution in [0.3, 0.4) is 0 Å². The predicted octanol–water partition coefficient (Wildman–Crippen LogP) is 2.63.